The first-order chi connectivity index (χ1) is 14.7. The van der Waals surface area contributed by atoms with Crippen LogP contribution in [-0.2, 0) is 0 Å². The standard InChI is InChI=1S/C21H24N6O3/c1-30-21-19(27(28)29)12-16(13-23-21)15-5-6-18-17(11-15)20(25-14-24-18)22-7-10-26-8-3-2-4-9-26/h5-6,11-14H,2-4,7-10H2,1H3,(H,22,24,25). The van der Waals surface area contributed by atoms with Crippen molar-refractivity contribution in [3.8, 4) is 17.0 Å². The number of aromatic nitrogens is 3. The summed E-state index contributed by atoms with van der Waals surface area (Å²) >= 11 is 0. The third-order valence-electron chi connectivity index (χ3n) is 5.36. The first kappa shape index (κ1) is 20.0. The van der Waals surface area contributed by atoms with E-state index in [9.17, 15) is 10.1 Å². The van der Waals surface area contributed by atoms with Crippen molar-refractivity contribution in [1.29, 1.82) is 0 Å². The normalized spacial score (nSPS) is 14.6. The molecular weight excluding hydrogens is 384 g/mol. The fourth-order valence-corrected chi connectivity index (χ4v) is 3.78. The Morgan fingerprint density at radius 2 is 1.97 bits per heavy atom. The van der Waals surface area contributed by atoms with Crippen molar-refractivity contribution in [2.75, 3.05) is 38.6 Å². The van der Waals surface area contributed by atoms with Crippen LogP contribution in [0.25, 0.3) is 22.0 Å². The number of anilines is 1. The molecule has 1 aliphatic rings. The van der Waals surface area contributed by atoms with Crippen LogP contribution in [0.1, 0.15) is 19.3 Å². The summed E-state index contributed by atoms with van der Waals surface area (Å²) in [6.07, 6.45) is 6.97. The lowest BCUT2D eigenvalue weighted by molar-refractivity contribution is -0.386. The zero-order valence-corrected chi connectivity index (χ0v) is 16.9. The summed E-state index contributed by atoms with van der Waals surface area (Å²) in [5, 5.41) is 15.6. The summed E-state index contributed by atoms with van der Waals surface area (Å²) in [7, 11) is 1.37. The number of nitrogens with one attached hydrogen (secondary N) is 1. The lowest BCUT2D eigenvalue weighted by Crippen LogP contribution is -2.33. The minimum absolute atomic E-state index is 0.00654. The molecule has 1 saturated heterocycles. The van der Waals surface area contributed by atoms with Gasteiger partial charge >= 0.3 is 5.69 Å². The van der Waals surface area contributed by atoms with E-state index in [1.165, 1.54) is 32.4 Å². The Morgan fingerprint density at radius 1 is 1.13 bits per heavy atom. The molecular formula is C21H24N6O3. The monoisotopic (exact) mass is 408 g/mol. The molecule has 0 atom stereocenters. The maximum absolute atomic E-state index is 11.3. The number of hydrogen-bond acceptors (Lipinski definition) is 8. The van der Waals surface area contributed by atoms with Crippen molar-refractivity contribution in [2.45, 2.75) is 19.3 Å². The molecule has 3 aromatic rings. The fraction of sp³-hybridized carbons (Fsp3) is 0.381. The van der Waals surface area contributed by atoms with Crippen LogP contribution >= 0.6 is 0 Å². The number of methoxy groups -OCH3 is 1. The molecule has 9 heteroatoms. The van der Waals surface area contributed by atoms with E-state index >= 15 is 0 Å². The van der Waals surface area contributed by atoms with Crippen LogP contribution in [-0.4, -0.2) is 58.1 Å². The van der Waals surface area contributed by atoms with E-state index < -0.39 is 4.92 Å². The second-order valence-corrected chi connectivity index (χ2v) is 7.29. The molecule has 1 aromatic carbocycles. The highest BCUT2D eigenvalue weighted by atomic mass is 16.6. The third-order valence-corrected chi connectivity index (χ3v) is 5.36. The van der Waals surface area contributed by atoms with E-state index in [1.807, 2.05) is 18.2 Å². The summed E-state index contributed by atoms with van der Waals surface area (Å²) < 4.78 is 4.99. The highest BCUT2D eigenvalue weighted by molar-refractivity contribution is 5.92. The topological polar surface area (TPSA) is 106 Å². The number of piperidine rings is 1. The molecule has 3 heterocycles. The summed E-state index contributed by atoms with van der Waals surface area (Å²) in [6.45, 7) is 4.07. The van der Waals surface area contributed by atoms with Crippen molar-refractivity contribution in [3.63, 3.8) is 0 Å². The van der Waals surface area contributed by atoms with Crippen LogP contribution in [0.5, 0.6) is 5.88 Å². The van der Waals surface area contributed by atoms with Gasteiger partial charge in [-0.1, -0.05) is 12.5 Å². The maximum Gasteiger partial charge on any atom is 0.331 e. The Balaban J connectivity index is 1.59. The van der Waals surface area contributed by atoms with Gasteiger partial charge in [0.05, 0.1) is 17.5 Å². The van der Waals surface area contributed by atoms with Crippen molar-refractivity contribution in [2.24, 2.45) is 0 Å². The van der Waals surface area contributed by atoms with Gasteiger partial charge in [-0.3, -0.25) is 10.1 Å². The number of likely N-dealkylation sites (tertiary alicyclic amines) is 1. The van der Waals surface area contributed by atoms with Crippen LogP contribution < -0.4 is 10.1 Å². The van der Waals surface area contributed by atoms with Gasteiger partial charge in [-0.05, 0) is 43.6 Å². The number of rotatable bonds is 7. The molecule has 0 saturated carbocycles. The fourth-order valence-electron chi connectivity index (χ4n) is 3.78. The summed E-state index contributed by atoms with van der Waals surface area (Å²) in [5.41, 5.74) is 2.08. The van der Waals surface area contributed by atoms with E-state index in [4.69, 9.17) is 4.74 Å². The van der Waals surface area contributed by atoms with Gasteiger partial charge in [0, 0.05) is 36.3 Å². The molecule has 0 bridgehead atoms. The number of ether oxygens (including phenoxy) is 1. The largest absolute Gasteiger partial charge is 0.476 e. The summed E-state index contributed by atoms with van der Waals surface area (Å²) in [6, 6.07) is 7.17. The number of pyridine rings is 1. The second-order valence-electron chi connectivity index (χ2n) is 7.29. The summed E-state index contributed by atoms with van der Waals surface area (Å²) in [4.78, 5) is 26.1. The quantitative estimate of drug-likeness (QED) is 0.468. The molecule has 1 N–H and O–H groups in total. The Labute approximate surface area is 174 Å². The van der Waals surface area contributed by atoms with Crippen molar-refractivity contribution < 1.29 is 9.66 Å². The first-order valence-electron chi connectivity index (χ1n) is 10.1. The number of benzene rings is 1. The third kappa shape index (κ3) is 4.30. The lowest BCUT2D eigenvalue weighted by atomic mass is 10.0. The van der Waals surface area contributed by atoms with Crippen molar-refractivity contribution in [1.82, 2.24) is 19.9 Å². The number of nitrogens with zero attached hydrogens (tertiary/aromatic N) is 5. The van der Waals surface area contributed by atoms with Crippen molar-refractivity contribution >= 4 is 22.4 Å². The predicted octanol–water partition coefficient (Wildman–Crippen LogP) is 3.51. The Kier molecular flexibility index (Phi) is 5.99. The minimum Gasteiger partial charge on any atom is -0.476 e. The Morgan fingerprint density at radius 3 is 2.73 bits per heavy atom. The molecule has 0 amide bonds. The molecule has 1 fully saturated rings. The lowest BCUT2D eigenvalue weighted by Gasteiger charge is -2.26. The molecule has 0 spiro atoms. The highest BCUT2D eigenvalue weighted by Gasteiger charge is 2.18. The molecule has 156 valence electrons. The van der Waals surface area contributed by atoms with Crippen LogP contribution in [0.15, 0.2) is 36.8 Å². The Bertz CT molecular complexity index is 1050. The smallest absolute Gasteiger partial charge is 0.331 e. The van der Waals surface area contributed by atoms with Gasteiger partial charge in [-0.15, -0.1) is 0 Å². The highest BCUT2D eigenvalue weighted by Crippen LogP contribution is 2.32. The molecule has 0 unspecified atom stereocenters. The molecule has 9 nitrogen and oxygen atoms in total. The molecule has 30 heavy (non-hydrogen) atoms. The zero-order valence-electron chi connectivity index (χ0n) is 16.9. The first-order valence-corrected chi connectivity index (χ1v) is 10.1. The van der Waals surface area contributed by atoms with Gasteiger partial charge in [0.15, 0.2) is 0 Å². The average molecular weight is 408 g/mol. The molecule has 0 aliphatic carbocycles. The molecule has 4 rings (SSSR count). The van der Waals surface area contributed by atoms with E-state index in [-0.39, 0.29) is 11.6 Å². The van der Waals surface area contributed by atoms with E-state index in [2.05, 4.69) is 25.2 Å². The van der Waals surface area contributed by atoms with Gasteiger partial charge in [0.1, 0.15) is 12.1 Å². The van der Waals surface area contributed by atoms with E-state index in [0.29, 0.717) is 5.56 Å². The Hall–Kier alpha value is -3.33. The van der Waals surface area contributed by atoms with Gasteiger partial charge < -0.3 is 15.0 Å². The van der Waals surface area contributed by atoms with E-state index in [0.717, 1.165) is 48.5 Å². The maximum atomic E-state index is 11.3. The predicted molar refractivity (Wildman–Crippen MR) is 115 cm³/mol. The van der Waals surface area contributed by atoms with Crippen LogP contribution in [0, 0.1) is 10.1 Å². The zero-order chi connectivity index (χ0) is 20.9. The van der Waals surface area contributed by atoms with Gasteiger partial charge in [-0.2, -0.15) is 0 Å². The van der Waals surface area contributed by atoms with Gasteiger partial charge in [0.25, 0.3) is 5.88 Å². The van der Waals surface area contributed by atoms with Crippen molar-refractivity contribution in [3.05, 3.63) is 46.9 Å². The SMILES string of the molecule is COc1ncc(-c2ccc3ncnc(NCCN4CCCCC4)c3c2)cc1[N+](=O)[O-]. The molecule has 2 aromatic heterocycles. The number of fused-ring (bicyclic) bond motifs is 1. The molecule has 0 radical (unpaired) electrons. The van der Waals surface area contributed by atoms with Crippen LogP contribution in [0.3, 0.4) is 0 Å². The van der Waals surface area contributed by atoms with Crippen LogP contribution in [0.4, 0.5) is 11.5 Å². The second kappa shape index (κ2) is 9.00. The number of hydrogen-bond donors (Lipinski definition) is 1. The van der Waals surface area contributed by atoms with Gasteiger partial charge in [0.2, 0.25) is 0 Å². The summed E-state index contributed by atoms with van der Waals surface area (Å²) in [5.74, 6) is 0.753. The van der Waals surface area contributed by atoms with Crippen LogP contribution in [0.2, 0.25) is 0 Å². The molecule has 1 aliphatic heterocycles. The minimum atomic E-state index is -0.493. The number of nitro groups is 1. The average Bonchev–Trinajstić information content (AvgIpc) is 2.79. The van der Waals surface area contributed by atoms with E-state index in [1.54, 1.807) is 12.5 Å². The van der Waals surface area contributed by atoms with Gasteiger partial charge in [-0.25, -0.2) is 15.0 Å².